The molecule has 2 aromatic carbocycles. The van der Waals surface area contributed by atoms with Crippen LogP contribution in [0.3, 0.4) is 0 Å². The second kappa shape index (κ2) is 8.84. The summed E-state index contributed by atoms with van der Waals surface area (Å²) in [6.07, 6.45) is 1.75. The van der Waals surface area contributed by atoms with Crippen LogP contribution in [0.1, 0.15) is 37.0 Å². The molecule has 0 unspecified atom stereocenters. The van der Waals surface area contributed by atoms with E-state index in [0.717, 1.165) is 12.8 Å². The van der Waals surface area contributed by atoms with Gasteiger partial charge in [0.05, 0.1) is 23.8 Å². The van der Waals surface area contributed by atoms with Crippen LogP contribution in [-0.4, -0.2) is 44.9 Å². The number of carbonyl (C=O) groups is 1. The minimum atomic E-state index is -3.59. The van der Waals surface area contributed by atoms with Crippen molar-refractivity contribution in [1.82, 2.24) is 4.31 Å². The third-order valence-corrected chi connectivity index (χ3v) is 6.50. The number of sulfonamides is 1. The predicted molar refractivity (Wildman–Crippen MR) is 111 cm³/mol. The van der Waals surface area contributed by atoms with Gasteiger partial charge < -0.3 is 14.8 Å². The average Bonchev–Trinajstić information content (AvgIpc) is 3.23. The fourth-order valence-corrected chi connectivity index (χ4v) is 4.72. The maximum absolute atomic E-state index is 12.8. The highest BCUT2D eigenvalue weighted by Crippen LogP contribution is 2.30. The summed E-state index contributed by atoms with van der Waals surface area (Å²) in [4.78, 5) is 12.8. The first-order valence-electron chi connectivity index (χ1n) is 9.57. The van der Waals surface area contributed by atoms with Gasteiger partial charge in [0.15, 0.2) is 0 Å². The van der Waals surface area contributed by atoms with E-state index >= 15 is 0 Å². The maximum Gasteiger partial charge on any atom is 0.255 e. The molecule has 1 N–H and O–H groups in total. The number of benzene rings is 2. The minimum absolute atomic E-state index is 0.0410. The van der Waals surface area contributed by atoms with Crippen LogP contribution in [-0.2, 0) is 10.0 Å². The molecule has 156 valence electrons. The molecule has 1 aliphatic heterocycles. The lowest BCUT2D eigenvalue weighted by Crippen LogP contribution is -2.28. The lowest BCUT2D eigenvalue weighted by molar-refractivity contribution is 0.102. The summed E-state index contributed by atoms with van der Waals surface area (Å²) in [5.74, 6) is 0.696. The Kier molecular flexibility index (Phi) is 6.44. The van der Waals surface area contributed by atoms with Gasteiger partial charge in [-0.1, -0.05) is 0 Å². The minimum Gasteiger partial charge on any atom is -0.495 e. The number of hydrogen-bond acceptors (Lipinski definition) is 5. The summed E-state index contributed by atoms with van der Waals surface area (Å²) >= 11 is 0. The van der Waals surface area contributed by atoms with Crippen molar-refractivity contribution in [2.75, 3.05) is 25.5 Å². The molecule has 1 fully saturated rings. The van der Waals surface area contributed by atoms with Crippen LogP contribution in [0, 0.1) is 0 Å². The SMILES string of the molecule is COc1ccc(S(=O)(=O)N2CCCC2)cc1NC(=O)c1ccc(OC(C)C)cc1. The van der Waals surface area contributed by atoms with Gasteiger partial charge in [-0.2, -0.15) is 4.31 Å². The zero-order chi connectivity index (χ0) is 21.0. The third kappa shape index (κ3) is 4.89. The first-order valence-corrected chi connectivity index (χ1v) is 11.0. The molecular weight excluding hydrogens is 392 g/mol. The van der Waals surface area contributed by atoms with Crippen molar-refractivity contribution in [3.8, 4) is 11.5 Å². The van der Waals surface area contributed by atoms with E-state index < -0.39 is 10.0 Å². The van der Waals surface area contributed by atoms with E-state index in [1.165, 1.54) is 23.5 Å². The van der Waals surface area contributed by atoms with Crippen LogP contribution in [0.2, 0.25) is 0 Å². The summed E-state index contributed by atoms with van der Waals surface area (Å²) < 4.78 is 38.0. The Hall–Kier alpha value is -2.58. The van der Waals surface area contributed by atoms with Crippen LogP contribution >= 0.6 is 0 Å². The first-order chi connectivity index (χ1) is 13.8. The Labute approximate surface area is 171 Å². The Morgan fingerprint density at radius 2 is 1.72 bits per heavy atom. The van der Waals surface area contributed by atoms with Gasteiger partial charge in [0.2, 0.25) is 10.0 Å². The van der Waals surface area contributed by atoms with Crippen molar-refractivity contribution in [3.05, 3.63) is 48.0 Å². The number of nitrogens with zero attached hydrogens (tertiary/aromatic N) is 1. The van der Waals surface area contributed by atoms with Gasteiger partial charge in [0.1, 0.15) is 11.5 Å². The van der Waals surface area contributed by atoms with Gasteiger partial charge in [-0.05, 0) is 69.2 Å². The molecule has 2 aromatic rings. The molecule has 0 bridgehead atoms. The fourth-order valence-electron chi connectivity index (χ4n) is 3.17. The standard InChI is InChI=1S/C21H26N2O5S/c1-15(2)28-17-8-6-16(7-9-17)21(24)22-19-14-18(10-11-20(19)27-3)29(25,26)23-12-4-5-13-23/h6-11,14-15H,4-5,12-13H2,1-3H3,(H,22,24). The van der Waals surface area contributed by atoms with Crippen LogP contribution in [0.25, 0.3) is 0 Å². The van der Waals surface area contributed by atoms with Crippen molar-refractivity contribution >= 4 is 21.6 Å². The number of hydrogen-bond donors (Lipinski definition) is 1. The number of rotatable bonds is 7. The zero-order valence-corrected chi connectivity index (χ0v) is 17.7. The van der Waals surface area contributed by atoms with Gasteiger partial charge in [0, 0.05) is 18.7 Å². The van der Waals surface area contributed by atoms with Crippen LogP contribution in [0.15, 0.2) is 47.4 Å². The molecule has 0 atom stereocenters. The average molecular weight is 419 g/mol. The monoisotopic (exact) mass is 418 g/mol. The number of carbonyl (C=O) groups excluding carboxylic acids is 1. The highest BCUT2D eigenvalue weighted by Gasteiger charge is 2.28. The normalized spacial score (nSPS) is 14.8. The van der Waals surface area contributed by atoms with Crippen LogP contribution in [0.4, 0.5) is 5.69 Å². The van der Waals surface area contributed by atoms with E-state index in [1.54, 1.807) is 30.3 Å². The van der Waals surface area contributed by atoms with Gasteiger partial charge in [0.25, 0.3) is 5.91 Å². The lowest BCUT2D eigenvalue weighted by Gasteiger charge is -2.17. The molecule has 7 nitrogen and oxygen atoms in total. The molecule has 1 heterocycles. The topological polar surface area (TPSA) is 84.9 Å². The van der Waals surface area contributed by atoms with E-state index in [-0.39, 0.29) is 16.9 Å². The second-order valence-corrected chi connectivity index (χ2v) is 9.06. The molecule has 0 radical (unpaired) electrons. The number of anilines is 1. The van der Waals surface area contributed by atoms with E-state index in [2.05, 4.69) is 5.32 Å². The van der Waals surface area contributed by atoms with E-state index in [9.17, 15) is 13.2 Å². The highest BCUT2D eigenvalue weighted by molar-refractivity contribution is 7.89. The number of ether oxygens (including phenoxy) is 2. The fraction of sp³-hybridized carbons (Fsp3) is 0.381. The molecule has 1 amide bonds. The van der Waals surface area contributed by atoms with Crippen molar-refractivity contribution in [3.63, 3.8) is 0 Å². The molecule has 29 heavy (non-hydrogen) atoms. The highest BCUT2D eigenvalue weighted by atomic mass is 32.2. The summed E-state index contributed by atoms with van der Waals surface area (Å²) in [6.45, 7) is 4.88. The van der Waals surface area contributed by atoms with Crippen LogP contribution in [0.5, 0.6) is 11.5 Å². The summed E-state index contributed by atoms with van der Waals surface area (Å²) in [5.41, 5.74) is 0.733. The summed E-state index contributed by atoms with van der Waals surface area (Å²) in [6, 6.07) is 11.3. The Morgan fingerprint density at radius 3 is 2.31 bits per heavy atom. The van der Waals surface area contributed by atoms with Crippen molar-refractivity contribution in [1.29, 1.82) is 0 Å². The first kappa shape index (κ1) is 21.1. The third-order valence-electron chi connectivity index (χ3n) is 4.61. The molecule has 3 rings (SSSR count). The Morgan fingerprint density at radius 1 is 1.07 bits per heavy atom. The second-order valence-electron chi connectivity index (χ2n) is 7.12. The molecule has 1 saturated heterocycles. The zero-order valence-electron chi connectivity index (χ0n) is 16.8. The lowest BCUT2D eigenvalue weighted by atomic mass is 10.2. The largest absolute Gasteiger partial charge is 0.495 e. The summed E-state index contributed by atoms with van der Waals surface area (Å²) in [5, 5.41) is 2.75. The van der Waals surface area contributed by atoms with Crippen molar-refractivity contribution in [2.45, 2.75) is 37.7 Å². The number of amides is 1. The number of nitrogens with one attached hydrogen (secondary N) is 1. The molecule has 1 aliphatic rings. The van der Waals surface area contributed by atoms with Gasteiger partial charge in [-0.15, -0.1) is 0 Å². The van der Waals surface area contributed by atoms with Crippen molar-refractivity contribution < 1.29 is 22.7 Å². The molecular formula is C21H26N2O5S. The van der Waals surface area contributed by atoms with Gasteiger partial charge in [-0.3, -0.25) is 4.79 Å². The van der Waals surface area contributed by atoms with E-state index in [0.29, 0.717) is 35.8 Å². The van der Waals surface area contributed by atoms with Gasteiger partial charge in [-0.25, -0.2) is 8.42 Å². The summed E-state index contributed by atoms with van der Waals surface area (Å²) in [7, 11) is -2.12. The van der Waals surface area contributed by atoms with Gasteiger partial charge >= 0.3 is 0 Å². The molecule has 8 heteroatoms. The van der Waals surface area contributed by atoms with E-state index in [4.69, 9.17) is 9.47 Å². The van der Waals surface area contributed by atoms with E-state index in [1.807, 2.05) is 13.8 Å². The smallest absolute Gasteiger partial charge is 0.255 e. The Balaban J connectivity index is 1.83. The van der Waals surface area contributed by atoms with Crippen molar-refractivity contribution in [2.24, 2.45) is 0 Å². The predicted octanol–water partition coefficient (Wildman–Crippen LogP) is 3.52. The molecule has 0 spiro atoms. The molecule has 0 aliphatic carbocycles. The molecule has 0 saturated carbocycles. The molecule has 0 aromatic heterocycles. The maximum atomic E-state index is 12.8. The number of methoxy groups -OCH3 is 1. The van der Waals surface area contributed by atoms with Crippen LogP contribution < -0.4 is 14.8 Å². The Bertz CT molecular complexity index is 965. The quantitative estimate of drug-likeness (QED) is 0.744.